The zero-order chi connectivity index (χ0) is 25.1. The number of ether oxygens (including phenoxy) is 1. The molecule has 1 N–H and O–H groups in total. The van der Waals surface area contributed by atoms with Crippen LogP contribution in [0.2, 0.25) is 5.02 Å². The molecule has 35 heavy (non-hydrogen) atoms. The van der Waals surface area contributed by atoms with Crippen LogP contribution in [-0.2, 0) is 0 Å². The van der Waals surface area contributed by atoms with Gasteiger partial charge in [-0.15, -0.1) is 5.10 Å². The monoisotopic (exact) mass is 489 g/mol. The Morgan fingerprint density at radius 3 is 2.49 bits per heavy atom. The molecule has 0 aliphatic carbocycles. The third kappa shape index (κ3) is 5.38. The minimum absolute atomic E-state index is 0.103. The van der Waals surface area contributed by atoms with Gasteiger partial charge in [-0.1, -0.05) is 47.0 Å². The van der Waals surface area contributed by atoms with E-state index in [1.165, 1.54) is 6.33 Å². The van der Waals surface area contributed by atoms with Crippen molar-refractivity contribution in [2.75, 3.05) is 6.61 Å². The molecule has 9 heteroatoms. The van der Waals surface area contributed by atoms with Gasteiger partial charge < -0.3 is 9.84 Å². The summed E-state index contributed by atoms with van der Waals surface area (Å²) in [5.41, 5.74) is 5.37. The van der Waals surface area contributed by atoms with Gasteiger partial charge in [-0.05, 0) is 45.9 Å². The lowest BCUT2D eigenvalue weighted by Crippen LogP contribution is -2.09. The first-order valence-corrected chi connectivity index (χ1v) is 11.3. The lowest BCUT2D eigenvalue weighted by atomic mass is 9.99. The van der Waals surface area contributed by atoms with Crippen molar-refractivity contribution >= 4 is 29.1 Å². The van der Waals surface area contributed by atoms with Crippen LogP contribution in [0.4, 0.5) is 5.82 Å². The molecule has 2 aromatic carbocycles. The number of aromatic nitrogens is 4. The zero-order valence-corrected chi connectivity index (χ0v) is 20.5. The fraction of sp³-hybridized carbons (Fsp3) is 0.192. The molecule has 2 aromatic heterocycles. The van der Waals surface area contributed by atoms with Crippen molar-refractivity contribution in [2.45, 2.75) is 27.7 Å². The van der Waals surface area contributed by atoms with E-state index >= 15 is 0 Å². The SMILES string of the molecule is CC(COc1nn(-c2ccc(C)cc2)cc1-c1cc(C)ccc1C(=O)O)=Nc1ncnc(C)c1Cl. The van der Waals surface area contributed by atoms with E-state index in [1.54, 1.807) is 36.9 Å². The Balaban J connectivity index is 1.74. The van der Waals surface area contributed by atoms with E-state index in [0.29, 0.717) is 33.4 Å². The zero-order valence-electron chi connectivity index (χ0n) is 19.8. The Bertz CT molecular complexity index is 1430. The second kappa shape index (κ2) is 10.1. The molecule has 4 rings (SSSR count). The molecule has 4 aromatic rings. The standard InChI is InChI=1S/C26H24ClN5O3/c1-15-5-8-19(9-6-15)32-12-22(21-11-16(2)7-10-20(21)26(33)34)25(31-32)35-13-17(3)30-24-23(27)18(4)28-14-29-24/h5-12,14H,13H2,1-4H3,(H,33,34). The first-order valence-electron chi connectivity index (χ1n) is 10.9. The maximum atomic E-state index is 11.9. The minimum atomic E-state index is -1.03. The highest BCUT2D eigenvalue weighted by atomic mass is 35.5. The average Bonchev–Trinajstić information content (AvgIpc) is 3.25. The molecule has 0 aliphatic heterocycles. The molecule has 0 unspecified atom stereocenters. The van der Waals surface area contributed by atoms with Crippen LogP contribution < -0.4 is 4.74 Å². The summed E-state index contributed by atoms with van der Waals surface area (Å²) in [6, 6.07) is 13.0. The van der Waals surface area contributed by atoms with Gasteiger partial charge in [-0.25, -0.2) is 24.4 Å². The Hall–Kier alpha value is -4.04. The molecule has 178 valence electrons. The van der Waals surface area contributed by atoms with Crippen LogP contribution in [-0.4, -0.2) is 43.1 Å². The summed E-state index contributed by atoms with van der Waals surface area (Å²) >= 11 is 6.26. The van der Waals surface area contributed by atoms with Gasteiger partial charge in [0.15, 0.2) is 5.82 Å². The lowest BCUT2D eigenvalue weighted by molar-refractivity contribution is 0.0697. The summed E-state index contributed by atoms with van der Waals surface area (Å²) in [5.74, 6) is -0.378. The van der Waals surface area contributed by atoms with Gasteiger partial charge >= 0.3 is 5.97 Å². The average molecular weight is 490 g/mol. The van der Waals surface area contributed by atoms with Crippen molar-refractivity contribution in [3.05, 3.63) is 82.4 Å². The number of nitrogens with zero attached hydrogens (tertiary/aromatic N) is 5. The van der Waals surface area contributed by atoms with Crippen LogP contribution in [0.1, 0.15) is 34.1 Å². The summed E-state index contributed by atoms with van der Waals surface area (Å²) in [6.07, 6.45) is 3.18. The molecule has 0 aliphatic rings. The number of carbonyl (C=O) groups is 1. The van der Waals surface area contributed by atoms with E-state index in [2.05, 4.69) is 20.1 Å². The number of aromatic carboxylic acids is 1. The largest absolute Gasteiger partial charge is 0.478 e. The quantitative estimate of drug-likeness (QED) is 0.330. The highest BCUT2D eigenvalue weighted by Gasteiger charge is 2.20. The maximum Gasteiger partial charge on any atom is 0.336 e. The summed E-state index contributed by atoms with van der Waals surface area (Å²) in [7, 11) is 0. The van der Waals surface area contributed by atoms with Gasteiger partial charge in [0.25, 0.3) is 0 Å². The molecule has 0 spiro atoms. The highest BCUT2D eigenvalue weighted by Crippen LogP contribution is 2.34. The molecule has 0 fully saturated rings. The molecule has 0 amide bonds. The van der Waals surface area contributed by atoms with E-state index in [1.807, 2.05) is 44.2 Å². The second-order valence-corrected chi connectivity index (χ2v) is 8.59. The van der Waals surface area contributed by atoms with Gasteiger partial charge in [0.05, 0.1) is 28.2 Å². The smallest absolute Gasteiger partial charge is 0.336 e. The molecule has 8 nitrogen and oxygen atoms in total. The van der Waals surface area contributed by atoms with E-state index in [0.717, 1.165) is 16.8 Å². The van der Waals surface area contributed by atoms with Crippen molar-refractivity contribution in [1.82, 2.24) is 19.7 Å². The van der Waals surface area contributed by atoms with Gasteiger partial charge in [0.2, 0.25) is 5.88 Å². The van der Waals surface area contributed by atoms with E-state index < -0.39 is 5.97 Å². The van der Waals surface area contributed by atoms with Crippen LogP contribution in [0.15, 0.2) is 60.0 Å². The molecular formula is C26H24ClN5O3. The lowest BCUT2D eigenvalue weighted by Gasteiger charge is -2.09. The summed E-state index contributed by atoms with van der Waals surface area (Å²) in [6.45, 7) is 7.59. The van der Waals surface area contributed by atoms with Gasteiger partial charge in [-0.2, -0.15) is 0 Å². The van der Waals surface area contributed by atoms with Gasteiger partial charge in [0.1, 0.15) is 18.0 Å². The Morgan fingerprint density at radius 1 is 1.06 bits per heavy atom. The number of carboxylic acid groups (broad SMARTS) is 1. The maximum absolute atomic E-state index is 11.9. The third-order valence-electron chi connectivity index (χ3n) is 5.33. The number of hydrogen-bond donors (Lipinski definition) is 1. The Morgan fingerprint density at radius 2 is 1.77 bits per heavy atom. The first-order chi connectivity index (χ1) is 16.7. The van der Waals surface area contributed by atoms with E-state index in [4.69, 9.17) is 16.3 Å². The number of aryl methyl sites for hydroxylation is 3. The van der Waals surface area contributed by atoms with Crippen molar-refractivity contribution in [3.63, 3.8) is 0 Å². The molecule has 0 saturated heterocycles. The predicted molar refractivity (Wildman–Crippen MR) is 135 cm³/mol. The summed E-state index contributed by atoms with van der Waals surface area (Å²) in [5, 5.41) is 14.8. The highest BCUT2D eigenvalue weighted by molar-refractivity contribution is 6.33. The number of hydrogen-bond acceptors (Lipinski definition) is 6. The van der Waals surface area contributed by atoms with Crippen LogP contribution >= 0.6 is 11.6 Å². The van der Waals surface area contributed by atoms with Crippen molar-refractivity contribution < 1.29 is 14.6 Å². The summed E-state index contributed by atoms with van der Waals surface area (Å²) in [4.78, 5) is 24.6. The van der Waals surface area contributed by atoms with Gasteiger partial charge in [-0.3, -0.25) is 0 Å². The van der Waals surface area contributed by atoms with E-state index in [-0.39, 0.29) is 18.1 Å². The van der Waals surface area contributed by atoms with Gasteiger partial charge in [0, 0.05) is 11.8 Å². The molecular weight excluding hydrogens is 466 g/mol. The Kier molecular flexibility index (Phi) is 6.93. The normalized spacial score (nSPS) is 11.5. The van der Waals surface area contributed by atoms with Crippen molar-refractivity contribution in [1.29, 1.82) is 0 Å². The van der Waals surface area contributed by atoms with Crippen LogP contribution in [0.3, 0.4) is 0 Å². The molecule has 0 radical (unpaired) electrons. The van der Waals surface area contributed by atoms with Crippen LogP contribution in [0.5, 0.6) is 5.88 Å². The Labute approximate surface area is 207 Å². The molecule has 0 bridgehead atoms. The van der Waals surface area contributed by atoms with Crippen molar-refractivity contribution in [2.24, 2.45) is 4.99 Å². The number of halogens is 1. The topological polar surface area (TPSA) is 102 Å². The number of benzene rings is 2. The summed E-state index contributed by atoms with van der Waals surface area (Å²) < 4.78 is 7.73. The molecule has 0 saturated carbocycles. The number of aliphatic imine (C=N–C) groups is 1. The van der Waals surface area contributed by atoms with Crippen molar-refractivity contribution in [3.8, 4) is 22.7 Å². The van der Waals surface area contributed by atoms with Crippen LogP contribution in [0.25, 0.3) is 16.8 Å². The predicted octanol–water partition coefficient (Wildman–Crippen LogP) is 5.78. The third-order valence-corrected chi connectivity index (χ3v) is 5.78. The number of carboxylic acids is 1. The van der Waals surface area contributed by atoms with E-state index in [9.17, 15) is 9.90 Å². The number of rotatable bonds is 7. The minimum Gasteiger partial charge on any atom is -0.478 e. The first kappa shape index (κ1) is 24.1. The molecule has 0 atom stereocenters. The fourth-order valence-corrected chi connectivity index (χ4v) is 3.60. The molecule has 2 heterocycles. The second-order valence-electron chi connectivity index (χ2n) is 8.21. The van der Waals surface area contributed by atoms with Crippen LogP contribution in [0, 0.1) is 20.8 Å². The fourth-order valence-electron chi connectivity index (χ4n) is 3.46.